The fourth-order valence-electron chi connectivity index (χ4n) is 4.52. The standard InChI is InChI=1S/C31H34N2O5/c1-6-37-25-15-7-21(8-16-25)19-33-28(22-9-13-24(14-10-22)32(4)5)27(30(35)31(33)36)29(34)23-11-17-26(18-12-23)38-20(2)3/h7-18,20,28,34H,6,19H2,1-5H3/b29-27-. The molecule has 0 aromatic heterocycles. The van der Waals surface area contributed by atoms with Gasteiger partial charge in [0.1, 0.15) is 17.3 Å². The summed E-state index contributed by atoms with van der Waals surface area (Å²) in [6.07, 6.45) is 0.00695. The first-order valence-electron chi connectivity index (χ1n) is 12.7. The molecule has 1 unspecified atom stereocenters. The highest BCUT2D eigenvalue weighted by molar-refractivity contribution is 6.46. The number of hydrogen-bond acceptors (Lipinski definition) is 6. The predicted octanol–water partition coefficient (Wildman–Crippen LogP) is 5.56. The molecule has 1 heterocycles. The van der Waals surface area contributed by atoms with Crippen molar-refractivity contribution in [3.63, 3.8) is 0 Å². The van der Waals surface area contributed by atoms with E-state index in [9.17, 15) is 14.7 Å². The predicted molar refractivity (Wildman–Crippen MR) is 148 cm³/mol. The van der Waals surface area contributed by atoms with Gasteiger partial charge in [-0.15, -0.1) is 0 Å². The lowest BCUT2D eigenvalue weighted by Crippen LogP contribution is -2.29. The van der Waals surface area contributed by atoms with Crippen LogP contribution in [-0.2, 0) is 16.1 Å². The maximum absolute atomic E-state index is 13.4. The van der Waals surface area contributed by atoms with Crippen LogP contribution in [0.1, 0.15) is 43.5 Å². The molecule has 7 nitrogen and oxygen atoms in total. The summed E-state index contributed by atoms with van der Waals surface area (Å²) in [7, 11) is 3.89. The third-order valence-corrected chi connectivity index (χ3v) is 6.35. The van der Waals surface area contributed by atoms with Crippen LogP contribution in [0.4, 0.5) is 5.69 Å². The lowest BCUT2D eigenvalue weighted by atomic mass is 9.95. The normalized spacial score (nSPS) is 16.7. The van der Waals surface area contributed by atoms with E-state index < -0.39 is 17.7 Å². The van der Waals surface area contributed by atoms with Gasteiger partial charge in [-0.1, -0.05) is 24.3 Å². The zero-order chi connectivity index (χ0) is 27.4. The Balaban J connectivity index is 1.76. The molecule has 0 radical (unpaired) electrons. The van der Waals surface area contributed by atoms with Gasteiger partial charge in [0.05, 0.1) is 24.3 Å². The third kappa shape index (κ3) is 5.67. The number of nitrogens with zero attached hydrogens (tertiary/aromatic N) is 2. The van der Waals surface area contributed by atoms with Crippen LogP contribution in [0.3, 0.4) is 0 Å². The molecule has 1 aliphatic rings. The quantitative estimate of drug-likeness (QED) is 0.229. The summed E-state index contributed by atoms with van der Waals surface area (Å²) in [6, 6.07) is 21.2. The molecule has 3 aromatic rings. The molecular weight excluding hydrogens is 480 g/mol. The highest BCUT2D eigenvalue weighted by atomic mass is 16.5. The Labute approximate surface area is 223 Å². The number of carbonyl (C=O) groups excluding carboxylic acids is 2. The van der Waals surface area contributed by atoms with Gasteiger partial charge in [-0.3, -0.25) is 9.59 Å². The van der Waals surface area contributed by atoms with E-state index in [0.29, 0.717) is 17.9 Å². The minimum absolute atomic E-state index is 0.00695. The molecule has 1 amide bonds. The van der Waals surface area contributed by atoms with Crippen molar-refractivity contribution in [3.05, 3.63) is 95.1 Å². The molecule has 7 heteroatoms. The molecule has 1 aliphatic heterocycles. The lowest BCUT2D eigenvalue weighted by Gasteiger charge is -2.26. The van der Waals surface area contributed by atoms with Crippen molar-refractivity contribution >= 4 is 23.1 Å². The van der Waals surface area contributed by atoms with Crippen LogP contribution in [0.15, 0.2) is 78.4 Å². The van der Waals surface area contributed by atoms with E-state index in [-0.39, 0.29) is 24.0 Å². The van der Waals surface area contributed by atoms with E-state index in [1.54, 1.807) is 24.3 Å². The van der Waals surface area contributed by atoms with Gasteiger partial charge < -0.3 is 24.4 Å². The van der Waals surface area contributed by atoms with Gasteiger partial charge >= 0.3 is 0 Å². The van der Waals surface area contributed by atoms with E-state index in [1.807, 2.05) is 88.3 Å². The van der Waals surface area contributed by atoms with Crippen molar-refractivity contribution in [1.29, 1.82) is 0 Å². The van der Waals surface area contributed by atoms with Crippen molar-refractivity contribution in [2.75, 3.05) is 25.6 Å². The molecule has 38 heavy (non-hydrogen) atoms. The van der Waals surface area contributed by atoms with Crippen molar-refractivity contribution in [3.8, 4) is 11.5 Å². The summed E-state index contributed by atoms with van der Waals surface area (Å²) < 4.78 is 11.2. The van der Waals surface area contributed by atoms with E-state index in [0.717, 1.165) is 22.6 Å². The zero-order valence-electron chi connectivity index (χ0n) is 22.5. The number of benzene rings is 3. The van der Waals surface area contributed by atoms with Gasteiger partial charge in [-0.25, -0.2) is 0 Å². The van der Waals surface area contributed by atoms with Crippen LogP contribution in [0.2, 0.25) is 0 Å². The number of likely N-dealkylation sites (tertiary alicyclic amines) is 1. The number of anilines is 1. The molecular formula is C31H34N2O5. The number of aliphatic hydroxyl groups is 1. The van der Waals surface area contributed by atoms with Crippen LogP contribution >= 0.6 is 0 Å². The molecule has 1 N–H and O–H groups in total. The average Bonchev–Trinajstić information content (AvgIpc) is 3.14. The van der Waals surface area contributed by atoms with Gasteiger partial charge in [0.2, 0.25) is 0 Å². The molecule has 0 bridgehead atoms. The first-order valence-corrected chi connectivity index (χ1v) is 12.7. The molecule has 1 fully saturated rings. The number of Topliss-reactive ketones (excluding diaryl/α,β-unsaturated/α-hetero) is 1. The van der Waals surface area contributed by atoms with Gasteiger partial charge in [0, 0.05) is 31.9 Å². The molecule has 0 aliphatic carbocycles. The topological polar surface area (TPSA) is 79.3 Å². The molecule has 0 spiro atoms. The highest BCUT2D eigenvalue weighted by Crippen LogP contribution is 2.41. The fourth-order valence-corrected chi connectivity index (χ4v) is 4.52. The fraction of sp³-hybridized carbons (Fsp3) is 0.290. The second-order valence-corrected chi connectivity index (χ2v) is 9.68. The number of rotatable bonds is 9. The summed E-state index contributed by atoms with van der Waals surface area (Å²) in [6.45, 7) is 6.54. The van der Waals surface area contributed by atoms with Gasteiger partial charge in [0.25, 0.3) is 11.7 Å². The molecule has 0 saturated carbocycles. The van der Waals surface area contributed by atoms with Crippen molar-refractivity contribution in [2.45, 2.75) is 39.5 Å². The van der Waals surface area contributed by atoms with E-state index in [1.165, 1.54) is 4.90 Å². The SMILES string of the molecule is CCOc1ccc(CN2C(=O)C(=O)/C(=C(\O)c3ccc(OC(C)C)cc3)C2c2ccc(N(C)C)cc2)cc1. The van der Waals surface area contributed by atoms with Crippen LogP contribution in [0, 0.1) is 0 Å². The Kier molecular flexibility index (Phi) is 8.05. The van der Waals surface area contributed by atoms with Crippen LogP contribution in [0.5, 0.6) is 11.5 Å². The maximum Gasteiger partial charge on any atom is 0.295 e. The van der Waals surface area contributed by atoms with Crippen LogP contribution < -0.4 is 14.4 Å². The number of carbonyl (C=O) groups is 2. The van der Waals surface area contributed by atoms with Crippen LogP contribution in [0.25, 0.3) is 5.76 Å². The van der Waals surface area contributed by atoms with Crippen molar-refractivity contribution in [1.82, 2.24) is 4.90 Å². The largest absolute Gasteiger partial charge is 0.507 e. The summed E-state index contributed by atoms with van der Waals surface area (Å²) >= 11 is 0. The maximum atomic E-state index is 13.4. The molecule has 3 aromatic carbocycles. The summed E-state index contributed by atoms with van der Waals surface area (Å²) in [5.41, 5.74) is 3.08. The van der Waals surface area contributed by atoms with Crippen molar-refractivity contribution < 1.29 is 24.2 Å². The minimum atomic E-state index is -0.746. The van der Waals surface area contributed by atoms with Gasteiger partial charge in [-0.05, 0) is 80.4 Å². The summed E-state index contributed by atoms with van der Waals surface area (Å²) in [5, 5.41) is 11.3. The molecule has 1 atom stereocenters. The monoisotopic (exact) mass is 514 g/mol. The minimum Gasteiger partial charge on any atom is -0.507 e. The Bertz CT molecular complexity index is 1310. The van der Waals surface area contributed by atoms with E-state index >= 15 is 0 Å². The highest BCUT2D eigenvalue weighted by Gasteiger charge is 2.46. The first-order chi connectivity index (χ1) is 18.2. The van der Waals surface area contributed by atoms with E-state index in [4.69, 9.17) is 9.47 Å². The Morgan fingerprint density at radius 1 is 0.921 bits per heavy atom. The number of ether oxygens (including phenoxy) is 2. The van der Waals surface area contributed by atoms with Crippen molar-refractivity contribution in [2.24, 2.45) is 0 Å². The molecule has 1 saturated heterocycles. The number of hydrogen-bond donors (Lipinski definition) is 1. The summed E-state index contributed by atoms with van der Waals surface area (Å²) in [5.74, 6) is -0.183. The second kappa shape index (κ2) is 11.4. The summed E-state index contributed by atoms with van der Waals surface area (Å²) in [4.78, 5) is 30.2. The lowest BCUT2D eigenvalue weighted by molar-refractivity contribution is -0.140. The van der Waals surface area contributed by atoms with Crippen LogP contribution in [-0.4, -0.2) is 48.5 Å². The zero-order valence-corrected chi connectivity index (χ0v) is 22.5. The van der Waals surface area contributed by atoms with Gasteiger partial charge in [0.15, 0.2) is 0 Å². The average molecular weight is 515 g/mol. The molecule has 4 rings (SSSR count). The Hall–Kier alpha value is -4.26. The Morgan fingerprint density at radius 3 is 2.08 bits per heavy atom. The second-order valence-electron chi connectivity index (χ2n) is 9.68. The number of ketones is 1. The Morgan fingerprint density at radius 2 is 1.53 bits per heavy atom. The third-order valence-electron chi connectivity index (χ3n) is 6.35. The number of amides is 1. The van der Waals surface area contributed by atoms with E-state index in [2.05, 4.69) is 0 Å². The van der Waals surface area contributed by atoms with Gasteiger partial charge in [-0.2, -0.15) is 0 Å². The smallest absolute Gasteiger partial charge is 0.295 e. The number of aliphatic hydroxyl groups excluding tert-OH is 1. The first kappa shape index (κ1) is 26.8. The molecule has 198 valence electrons.